The van der Waals surface area contributed by atoms with Crippen LogP contribution in [0.3, 0.4) is 0 Å². The molecule has 0 unspecified atom stereocenters. The quantitative estimate of drug-likeness (QED) is 0.443. The lowest BCUT2D eigenvalue weighted by Gasteiger charge is -2.47. The van der Waals surface area contributed by atoms with E-state index in [1.807, 2.05) is 11.8 Å². The van der Waals surface area contributed by atoms with Crippen LogP contribution in [0.25, 0.3) is 0 Å². The molecule has 2 saturated heterocycles. The van der Waals surface area contributed by atoms with Crippen LogP contribution in [0.5, 0.6) is 0 Å². The van der Waals surface area contributed by atoms with E-state index in [0.717, 1.165) is 0 Å². The monoisotopic (exact) mass is 323 g/mol. The van der Waals surface area contributed by atoms with Crippen LogP contribution < -0.4 is 0 Å². The summed E-state index contributed by atoms with van der Waals surface area (Å²) in [7, 11) is -1.98. The van der Waals surface area contributed by atoms with Crippen molar-refractivity contribution >= 4 is 14.2 Å². The summed E-state index contributed by atoms with van der Waals surface area (Å²) in [5.41, 5.74) is -0.629. The van der Waals surface area contributed by atoms with Gasteiger partial charge in [0.25, 0.3) is 5.91 Å². The van der Waals surface area contributed by atoms with E-state index in [9.17, 15) is 4.79 Å². The van der Waals surface area contributed by atoms with Crippen molar-refractivity contribution in [1.29, 1.82) is 0 Å². The van der Waals surface area contributed by atoms with E-state index in [0.29, 0.717) is 6.54 Å². The van der Waals surface area contributed by atoms with Gasteiger partial charge in [0.1, 0.15) is 11.7 Å². The smallest absolute Gasteiger partial charge is 0.254 e. The molecule has 124 valence electrons. The molecule has 0 radical (unpaired) electrons. The predicted molar refractivity (Wildman–Crippen MR) is 91.2 cm³/mol. The Kier molecular flexibility index (Phi) is 4.22. The summed E-state index contributed by atoms with van der Waals surface area (Å²) in [5, 5.41) is 0.101. The molecule has 0 aromatic heterocycles. The van der Waals surface area contributed by atoms with Crippen molar-refractivity contribution < 1.29 is 14.0 Å². The molecule has 2 aliphatic heterocycles. The molecule has 0 aromatic rings. The Bertz CT molecular complexity index is 497. The van der Waals surface area contributed by atoms with E-state index in [2.05, 4.69) is 47.0 Å². The molecule has 0 N–H and O–H groups in total. The highest BCUT2D eigenvalue weighted by molar-refractivity contribution is 6.74. The maximum Gasteiger partial charge on any atom is 0.254 e. The van der Waals surface area contributed by atoms with Gasteiger partial charge in [-0.1, -0.05) is 32.9 Å². The number of hydrogen-bond acceptors (Lipinski definition) is 3. The third kappa shape index (κ3) is 2.49. The van der Waals surface area contributed by atoms with Crippen LogP contribution in [0.15, 0.2) is 25.3 Å². The summed E-state index contributed by atoms with van der Waals surface area (Å²) < 4.78 is 12.7. The lowest BCUT2D eigenvalue weighted by Crippen LogP contribution is -2.67. The lowest BCUT2D eigenvalue weighted by atomic mass is 9.88. The van der Waals surface area contributed by atoms with Crippen LogP contribution in [0.2, 0.25) is 18.1 Å². The maximum absolute atomic E-state index is 12.2. The van der Waals surface area contributed by atoms with Crippen LogP contribution >= 0.6 is 0 Å². The van der Waals surface area contributed by atoms with Gasteiger partial charge in [-0.25, -0.2) is 0 Å². The molecular formula is C17H29NO3Si. The molecule has 5 heteroatoms. The van der Waals surface area contributed by atoms with Crippen LogP contribution in [0.4, 0.5) is 0 Å². The second kappa shape index (κ2) is 5.32. The highest BCUT2D eigenvalue weighted by Gasteiger charge is 2.65. The Hall–Kier alpha value is -0.913. The van der Waals surface area contributed by atoms with E-state index in [1.54, 1.807) is 12.2 Å². The predicted octanol–water partition coefficient (Wildman–Crippen LogP) is 3.12. The second-order valence-corrected chi connectivity index (χ2v) is 12.8. The molecule has 2 fully saturated rings. The number of carbonyl (C=O) groups is 1. The highest BCUT2D eigenvalue weighted by atomic mass is 28.4. The molecule has 0 spiro atoms. The van der Waals surface area contributed by atoms with Gasteiger partial charge in [-0.15, -0.1) is 13.2 Å². The molecule has 2 aliphatic rings. The zero-order valence-electron chi connectivity index (χ0n) is 14.7. The normalized spacial score (nSPS) is 35.1. The highest BCUT2D eigenvalue weighted by Crippen LogP contribution is 2.47. The summed E-state index contributed by atoms with van der Waals surface area (Å²) in [4.78, 5) is 14.0. The molecule has 0 aliphatic carbocycles. The number of hydrogen-bond donors (Lipinski definition) is 0. The van der Waals surface area contributed by atoms with Crippen molar-refractivity contribution in [1.82, 2.24) is 4.90 Å². The second-order valence-electron chi connectivity index (χ2n) is 8.00. The van der Waals surface area contributed by atoms with Gasteiger partial charge in [-0.3, -0.25) is 4.79 Å². The first-order valence-corrected chi connectivity index (χ1v) is 10.8. The van der Waals surface area contributed by atoms with Gasteiger partial charge >= 0.3 is 0 Å². The Balaban J connectivity index is 2.31. The van der Waals surface area contributed by atoms with Gasteiger partial charge in [0.2, 0.25) is 0 Å². The van der Waals surface area contributed by atoms with Gasteiger partial charge in [0, 0.05) is 6.54 Å². The summed E-state index contributed by atoms with van der Waals surface area (Å²) in [6, 6.07) is -0.0392. The summed E-state index contributed by atoms with van der Waals surface area (Å²) >= 11 is 0. The maximum atomic E-state index is 12.2. The first-order valence-electron chi connectivity index (χ1n) is 7.89. The number of rotatable bonds is 5. The molecule has 0 bridgehead atoms. The van der Waals surface area contributed by atoms with Crippen molar-refractivity contribution in [2.75, 3.05) is 6.54 Å². The summed E-state index contributed by atoms with van der Waals surface area (Å²) in [6.45, 7) is 21.2. The molecule has 2 heterocycles. The molecule has 1 amide bonds. The zero-order valence-corrected chi connectivity index (χ0v) is 15.7. The topological polar surface area (TPSA) is 38.8 Å². The van der Waals surface area contributed by atoms with Crippen LogP contribution in [0, 0.1) is 0 Å². The minimum atomic E-state index is -1.98. The van der Waals surface area contributed by atoms with Gasteiger partial charge in [-0.05, 0) is 25.1 Å². The van der Waals surface area contributed by atoms with E-state index in [-0.39, 0.29) is 23.1 Å². The number of carbonyl (C=O) groups excluding carboxylic acids is 1. The van der Waals surface area contributed by atoms with Gasteiger partial charge in [0.15, 0.2) is 14.4 Å². The molecule has 2 rings (SSSR count). The van der Waals surface area contributed by atoms with E-state index in [1.165, 1.54) is 0 Å². The molecule has 4 nitrogen and oxygen atoms in total. The van der Waals surface area contributed by atoms with E-state index < -0.39 is 20.0 Å². The van der Waals surface area contributed by atoms with Gasteiger partial charge in [-0.2, -0.15) is 0 Å². The van der Waals surface area contributed by atoms with Crippen molar-refractivity contribution in [2.45, 2.75) is 69.7 Å². The average molecular weight is 324 g/mol. The minimum absolute atomic E-state index is 0.0271. The standard InChI is InChI=1S/C17H29NO3Si/c1-9-11-18-12-13(15(18)19)20-17(6,10-2)14(12)21-22(7,8)16(3,4)5/h9-10,12-14H,1-2,11H2,3-8H3/t12-,13-,14+,17-/m1/s1. The number of likely N-dealkylation sites (tertiary alicyclic amines) is 1. The van der Waals surface area contributed by atoms with Gasteiger partial charge in [0.05, 0.1) is 6.04 Å². The fourth-order valence-electron chi connectivity index (χ4n) is 2.86. The Morgan fingerprint density at radius 3 is 2.45 bits per heavy atom. The summed E-state index contributed by atoms with van der Waals surface area (Å²) in [5.74, 6) is 0.0271. The molecule has 0 aromatic carbocycles. The van der Waals surface area contributed by atoms with Crippen LogP contribution in [0.1, 0.15) is 27.7 Å². The van der Waals surface area contributed by atoms with E-state index in [4.69, 9.17) is 9.16 Å². The molecule has 0 saturated carbocycles. The Labute approximate surface area is 135 Å². The SMILES string of the molecule is C=CCN1C(=O)[C@@H]2O[C@](C)(C=C)[C@@H](O[Si](C)(C)C(C)(C)C)[C@@H]21. The molecule has 4 atom stereocenters. The average Bonchev–Trinajstić information content (AvgIpc) is 2.66. The molecular weight excluding hydrogens is 294 g/mol. The van der Waals surface area contributed by atoms with E-state index >= 15 is 0 Å². The summed E-state index contributed by atoms with van der Waals surface area (Å²) in [6.07, 6.45) is 2.95. The Morgan fingerprint density at radius 2 is 2.00 bits per heavy atom. The van der Waals surface area contributed by atoms with Crippen molar-refractivity contribution in [3.63, 3.8) is 0 Å². The van der Waals surface area contributed by atoms with Crippen molar-refractivity contribution in [2.24, 2.45) is 0 Å². The number of amides is 1. The Morgan fingerprint density at radius 1 is 1.41 bits per heavy atom. The number of β-lactam (4-membered cyclic amide) rings is 1. The lowest BCUT2D eigenvalue weighted by molar-refractivity contribution is -0.165. The fraction of sp³-hybridized carbons (Fsp3) is 0.706. The van der Waals surface area contributed by atoms with Gasteiger partial charge < -0.3 is 14.1 Å². The minimum Gasteiger partial charge on any atom is -0.408 e. The van der Waals surface area contributed by atoms with Crippen molar-refractivity contribution in [3.8, 4) is 0 Å². The largest absolute Gasteiger partial charge is 0.408 e. The molecule has 22 heavy (non-hydrogen) atoms. The fourth-order valence-corrected chi connectivity index (χ4v) is 4.22. The number of ether oxygens (including phenoxy) is 1. The van der Waals surface area contributed by atoms with Crippen LogP contribution in [-0.2, 0) is 14.0 Å². The number of fused-ring (bicyclic) bond motifs is 1. The zero-order chi connectivity index (χ0) is 16.9. The van der Waals surface area contributed by atoms with Crippen molar-refractivity contribution in [3.05, 3.63) is 25.3 Å². The first-order chi connectivity index (χ1) is 9.98. The van der Waals surface area contributed by atoms with Crippen LogP contribution in [-0.4, -0.2) is 49.5 Å². The third-order valence-corrected chi connectivity index (χ3v) is 9.87. The first kappa shape index (κ1) is 17.4. The number of nitrogens with zero attached hydrogens (tertiary/aromatic N) is 1. The third-order valence-electron chi connectivity index (χ3n) is 5.41.